The van der Waals surface area contributed by atoms with Crippen molar-refractivity contribution >= 4 is 21.8 Å². The van der Waals surface area contributed by atoms with Gasteiger partial charge in [0.25, 0.3) is 0 Å². The van der Waals surface area contributed by atoms with Crippen molar-refractivity contribution < 1.29 is 0 Å². The summed E-state index contributed by atoms with van der Waals surface area (Å²) in [5.74, 6) is 1.19. The third-order valence-electron chi connectivity index (χ3n) is 2.90. The van der Waals surface area contributed by atoms with Crippen LogP contribution in [0.25, 0.3) is 10.5 Å². The van der Waals surface area contributed by atoms with E-state index in [0.29, 0.717) is 11.8 Å². The van der Waals surface area contributed by atoms with Crippen LogP contribution in [0, 0.1) is 5.92 Å². The summed E-state index contributed by atoms with van der Waals surface area (Å²) in [6.45, 7) is 4.38. The zero-order valence-electron chi connectivity index (χ0n) is 8.47. The summed E-state index contributed by atoms with van der Waals surface area (Å²) in [7, 11) is 0. The average molecular weight is 220 g/mol. The summed E-state index contributed by atoms with van der Waals surface area (Å²) in [6, 6.07) is 0. The Hall–Kier alpha value is -1.07. The Morgan fingerprint density at radius 3 is 2.93 bits per heavy atom. The average Bonchev–Trinajstić information content (AvgIpc) is 2.82. The van der Waals surface area contributed by atoms with Gasteiger partial charge in [0, 0.05) is 24.9 Å². The second-order valence-electron chi connectivity index (χ2n) is 3.98. The van der Waals surface area contributed by atoms with E-state index in [2.05, 4.69) is 27.2 Å². The summed E-state index contributed by atoms with van der Waals surface area (Å²) in [5, 5.41) is 4.57. The first kappa shape index (κ1) is 9.18. The lowest BCUT2D eigenvalue weighted by molar-refractivity contribution is 0.570. The van der Waals surface area contributed by atoms with Crippen molar-refractivity contribution in [3.63, 3.8) is 0 Å². The fourth-order valence-electron chi connectivity index (χ4n) is 1.99. The maximum Gasteiger partial charge on any atom is 0.189 e. The molecular formula is C10H12N4S. The third-order valence-corrected chi connectivity index (χ3v) is 3.98. The van der Waals surface area contributed by atoms with Gasteiger partial charge in [-0.25, -0.2) is 15.0 Å². The van der Waals surface area contributed by atoms with E-state index < -0.39 is 0 Å². The second kappa shape index (κ2) is 3.50. The molecular weight excluding hydrogens is 208 g/mol. The first-order chi connectivity index (χ1) is 7.34. The molecule has 15 heavy (non-hydrogen) atoms. The number of hydrogen-bond acceptors (Lipinski definition) is 5. The molecule has 1 saturated heterocycles. The van der Waals surface area contributed by atoms with Gasteiger partial charge in [-0.15, -0.1) is 0 Å². The van der Waals surface area contributed by atoms with Crippen molar-refractivity contribution in [2.75, 3.05) is 13.1 Å². The molecule has 2 unspecified atom stereocenters. The van der Waals surface area contributed by atoms with Crippen LogP contribution < -0.4 is 5.32 Å². The first-order valence-electron chi connectivity index (χ1n) is 5.13. The number of rotatable bonds is 1. The molecule has 1 aliphatic heterocycles. The number of nitrogens with one attached hydrogen (secondary N) is 1. The second-order valence-corrected chi connectivity index (χ2v) is 4.99. The zero-order valence-corrected chi connectivity index (χ0v) is 9.29. The van der Waals surface area contributed by atoms with Gasteiger partial charge >= 0.3 is 0 Å². The van der Waals surface area contributed by atoms with Gasteiger partial charge in [-0.2, -0.15) is 0 Å². The lowest BCUT2D eigenvalue weighted by atomic mass is 9.99. The van der Waals surface area contributed by atoms with Gasteiger partial charge in [-0.05, 0) is 12.5 Å². The molecule has 0 aliphatic carbocycles. The Labute approximate surface area is 91.8 Å². The first-order valence-corrected chi connectivity index (χ1v) is 5.94. The molecule has 0 spiro atoms. The van der Waals surface area contributed by atoms with Crippen LogP contribution in [0.3, 0.4) is 0 Å². The van der Waals surface area contributed by atoms with Gasteiger partial charge in [-0.3, -0.25) is 0 Å². The Bertz CT molecular complexity index is 448. The van der Waals surface area contributed by atoms with Gasteiger partial charge in [-0.1, -0.05) is 18.3 Å². The van der Waals surface area contributed by atoms with Crippen LogP contribution in [-0.2, 0) is 0 Å². The quantitative estimate of drug-likeness (QED) is 0.789. The van der Waals surface area contributed by atoms with Gasteiger partial charge < -0.3 is 5.32 Å². The van der Waals surface area contributed by atoms with Crippen molar-refractivity contribution in [3.8, 4) is 0 Å². The van der Waals surface area contributed by atoms with Gasteiger partial charge in [0.05, 0.1) is 0 Å². The van der Waals surface area contributed by atoms with Crippen LogP contribution in [-0.4, -0.2) is 28.0 Å². The fourth-order valence-corrected chi connectivity index (χ4v) is 3.09. The highest BCUT2D eigenvalue weighted by Crippen LogP contribution is 2.32. The van der Waals surface area contributed by atoms with E-state index >= 15 is 0 Å². The molecule has 5 heteroatoms. The fraction of sp³-hybridized carbons (Fsp3) is 0.500. The molecule has 3 heterocycles. The monoisotopic (exact) mass is 220 g/mol. The minimum atomic E-state index is 0.533. The maximum absolute atomic E-state index is 4.55. The number of hydrogen-bond donors (Lipinski definition) is 1. The summed E-state index contributed by atoms with van der Waals surface area (Å²) in [6.07, 6.45) is 3.42. The lowest BCUT2D eigenvalue weighted by Gasteiger charge is -2.09. The largest absolute Gasteiger partial charge is 0.316 e. The summed E-state index contributed by atoms with van der Waals surface area (Å²) < 4.78 is 0. The summed E-state index contributed by atoms with van der Waals surface area (Å²) in [4.78, 5) is 14.0. The Balaban J connectivity index is 2.04. The topological polar surface area (TPSA) is 50.7 Å². The van der Waals surface area contributed by atoms with Crippen LogP contribution in [0.4, 0.5) is 0 Å². The SMILES string of the molecule is CC1CNCC1c1nc2nccnc2s1. The van der Waals surface area contributed by atoms with Crippen LogP contribution in [0.1, 0.15) is 17.8 Å². The number of nitrogens with zero attached hydrogens (tertiary/aromatic N) is 3. The molecule has 2 aromatic heterocycles. The smallest absolute Gasteiger partial charge is 0.189 e. The van der Waals surface area contributed by atoms with Crippen molar-refractivity contribution in [1.29, 1.82) is 0 Å². The standard InChI is InChI=1S/C10H12N4S/c1-6-4-11-5-7(6)9-14-8-10(15-9)13-3-2-12-8/h2-3,6-7,11H,4-5H2,1H3. The Morgan fingerprint density at radius 2 is 2.20 bits per heavy atom. The number of aromatic nitrogens is 3. The molecule has 3 rings (SSSR count). The van der Waals surface area contributed by atoms with Crippen LogP contribution >= 0.6 is 11.3 Å². The highest BCUT2D eigenvalue weighted by atomic mass is 32.1. The lowest BCUT2D eigenvalue weighted by Crippen LogP contribution is -2.07. The molecule has 0 amide bonds. The molecule has 2 aromatic rings. The minimum Gasteiger partial charge on any atom is -0.316 e. The van der Waals surface area contributed by atoms with Crippen molar-refractivity contribution in [3.05, 3.63) is 17.4 Å². The Morgan fingerprint density at radius 1 is 1.33 bits per heavy atom. The van der Waals surface area contributed by atoms with Crippen molar-refractivity contribution in [2.24, 2.45) is 5.92 Å². The predicted octanol–water partition coefficient (Wildman–Crippen LogP) is 1.41. The zero-order chi connectivity index (χ0) is 10.3. The molecule has 1 N–H and O–H groups in total. The molecule has 1 fully saturated rings. The Kier molecular flexibility index (Phi) is 2.14. The van der Waals surface area contributed by atoms with E-state index in [1.807, 2.05) is 0 Å². The third kappa shape index (κ3) is 1.52. The highest BCUT2D eigenvalue weighted by Gasteiger charge is 2.27. The van der Waals surface area contributed by atoms with E-state index in [0.717, 1.165) is 23.6 Å². The van der Waals surface area contributed by atoms with Gasteiger partial charge in [0.2, 0.25) is 0 Å². The molecule has 78 valence electrons. The molecule has 0 bridgehead atoms. The summed E-state index contributed by atoms with van der Waals surface area (Å²) in [5.41, 5.74) is 0.789. The highest BCUT2D eigenvalue weighted by molar-refractivity contribution is 7.18. The van der Waals surface area contributed by atoms with E-state index in [-0.39, 0.29) is 0 Å². The van der Waals surface area contributed by atoms with E-state index in [9.17, 15) is 0 Å². The number of fused-ring (bicyclic) bond motifs is 1. The van der Waals surface area contributed by atoms with Gasteiger partial charge in [0.1, 0.15) is 5.01 Å². The minimum absolute atomic E-state index is 0.533. The van der Waals surface area contributed by atoms with Crippen LogP contribution in [0.15, 0.2) is 12.4 Å². The van der Waals surface area contributed by atoms with Crippen molar-refractivity contribution in [2.45, 2.75) is 12.8 Å². The molecule has 2 atom stereocenters. The molecule has 4 nitrogen and oxygen atoms in total. The van der Waals surface area contributed by atoms with E-state index in [4.69, 9.17) is 0 Å². The van der Waals surface area contributed by atoms with Crippen LogP contribution in [0.5, 0.6) is 0 Å². The maximum atomic E-state index is 4.55. The molecule has 1 aliphatic rings. The van der Waals surface area contributed by atoms with E-state index in [1.165, 1.54) is 5.01 Å². The van der Waals surface area contributed by atoms with Crippen molar-refractivity contribution in [1.82, 2.24) is 20.3 Å². The molecule has 0 saturated carbocycles. The molecule has 0 radical (unpaired) electrons. The summed E-state index contributed by atoms with van der Waals surface area (Å²) >= 11 is 1.67. The van der Waals surface area contributed by atoms with Crippen LogP contribution in [0.2, 0.25) is 0 Å². The van der Waals surface area contributed by atoms with E-state index in [1.54, 1.807) is 23.7 Å². The predicted molar refractivity (Wildman–Crippen MR) is 60.0 cm³/mol. The van der Waals surface area contributed by atoms with Gasteiger partial charge in [0.15, 0.2) is 10.5 Å². The number of thiazole rings is 1. The molecule has 0 aromatic carbocycles. The normalized spacial score (nSPS) is 26.2.